The van der Waals surface area contributed by atoms with E-state index in [-0.39, 0.29) is 17.7 Å². The lowest BCUT2D eigenvalue weighted by molar-refractivity contribution is -0.133. The smallest absolute Gasteiger partial charge is 0.265 e. The molecule has 1 saturated carbocycles. The minimum atomic E-state index is -0.0961. The molecule has 2 aromatic rings. The maximum absolute atomic E-state index is 13.1. The van der Waals surface area contributed by atoms with Gasteiger partial charge in [0.2, 0.25) is 5.91 Å². The molecule has 0 spiro atoms. The van der Waals surface area contributed by atoms with Crippen LogP contribution in [0.4, 0.5) is 0 Å². The quantitative estimate of drug-likeness (QED) is 0.551. The molecule has 2 aromatic carbocycles. The molecule has 3 aliphatic rings. The van der Waals surface area contributed by atoms with E-state index < -0.39 is 0 Å². The highest BCUT2D eigenvalue weighted by Gasteiger charge is 2.36. The Morgan fingerprint density at radius 2 is 1.56 bits per heavy atom. The van der Waals surface area contributed by atoms with Crippen LogP contribution in [0.1, 0.15) is 60.9 Å². The molecule has 7 heteroatoms. The third kappa shape index (κ3) is 4.98. The van der Waals surface area contributed by atoms with Crippen LogP contribution in [0.15, 0.2) is 36.4 Å². The fourth-order valence-corrected chi connectivity index (χ4v) is 6.01. The highest BCUT2D eigenvalue weighted by molar-refractivity contribution is 6.36. The summed E-state index contributed by atoms with van der Waals surface area (Å²) in [5.74, 6) is 0.114. The molecule has 5 rings (SSSR count). The summed E-state index contributed by atoms with van der Waals surface area (Å²) in [5, 5.41) is 3.09. The maximum atomic E-state index is 13.1. The third-order valence-corrected chi connectivity index (χ3v) is 8.23. The van der Waals surface area contributed by atoms with Crippen LogP contribution in [-0.4, -0.2) is 47.4 Å². The first kappa shape index (κ1) is 23.7. The predicted octanol–water partition coefficient (Wildman–Crippen LogP) is 5.73. The summed E-state index contributed by atoms with van der Waals surface area (Å²) >= 11 is 13.4. The van der Waals surface area contributed by atoms with Crippen LogP contribution in [0.2, 0.25) is 10.0 Å². The van der Waals surface area contributed by atoms with E-state index in [1.165, 1.54) is 19.3 Å². The second-order valence-electron chi connectivity index (χ2n) is 9.79. The highest BCUT2D eigenvalue weighted by Crippen LogP contribution is 2.36. The van der Waals surface area contributed by atoms with Gasteiger partial charge in [-0.3, -0.25) is 15.0 Å². The van der Waals surface area contributed by atoms with Gasteiger partial charge in [-0.05, 0) is 73.1 Å². The van der Waals surface area contributed by atoms with Gasteiger partial charge in [-0.25, -0.2) is 5.01 Å². The zero-order chi connectivity index (χ0) is 23.7. The largest absolute Gasteiger partial charge is 0.339 e. The van der Waals surface area contributed by atoms with Crippen molar-refractivity contribution in [3.8, 4) is 11.1 Å². The van der Waals surface area contributed by atoms with Gasteiger partial charge in [-0.15, -0.1) is 0 Å². The van der Waals surface area contributed by atoms with Gasteiger partial charge in [0.25, 0.3) is 5.91 Å². The number of carbonyl (C=O) groups is 2. The summed E-state index contributed by atoms with van der Waals surface area (Å²) in [5.41, 5.74) is 6.21. The summed E-state index contributed by atoms with van der Waals surface area (Å²) < 4.78 is 0. The number of amides is 2. The predicted molar refractivity (Wildman–Crippen MR) is 136 cm³/mol. The molecule has 1 N–H and O–H groups in total. The first-order valence-electron chi connectivity index (χ1n) is 12.4. The van der Waals surface area contributed by atoms with Gasteiger partial charge in [-0.1, -0.05) is 54.6 Å². The first-order valence-corrected chi connectivity index (χ1v) is 13.2. The van der Waals surface area contributed by atoms with Crippen molar-refractivity contribution in [1.29, 1.82) is 0 Å². The maximum Gasteiger partial charge on any atom is 0.265 e. The van der Waals surface area contributed by atoms with E-state index in [0.717, 1.165) is 62.0 Å². The molecule has 2 heterocycles. The van der Waals surface area contributed by atoms with E-state index in [0.29, 0.717) is 28.1 Å². The number of hydrogen-bond donors (Lipinski definition) is 1. The Morgan fingerprint density at radius 3 is 2.18 bits per heavy atom. The molecular weight excluding hydrogens is 469 g/mol. The van der Waals surface area contributed by atoms with Gasteiger partial charge in [0.1, 0.15) is 0 Å². The minimum Gasteiger partial charge on any atom is -0.339 e. The summed E-state index contributed by atoms with van der Waals surface area (Å²) in [6.45, 7) is 2.65. The van der Waals surface area contributed by atoms with Crippen LogP contribution in [0.25, 0.3) is 11.1 Å². The molecule has 2 saturated heterocycles. The van der Waals surface area contributed by atoms with Crippen molar-refractivity contribution in [2.45, 2.75) is 57.4 Å². The van der Waals surface area contributed by atoms with Gasteiger partial charge in [0.05, 0.1) is 0 Å². The zero-order valence-electron chi connectivity index (χ0n) is 19.4. The Kier molecular flexibility index (Phi) is 7.14. The van der Waals surface area contributed by atoms with Gasteiger partial charge in [0.15, 0.2) is 0 Å². The number of carbonyl (C=O) groups excluding carboxylic acids is 2. The van der Waals surface area contributed by atoms with Crippen LogP contribution in [0, 0.1) is 5.92 Å². The number of likely N-dealkylation sites (tertiary alicyclic amines) is 1. The molecule has 34 heavy (non-hydrogen) atoms. The van der Waals surface area contributed by atoms with Crippen molar-refractivity contribution < 1.29 is 9.59 Å². The van der Waals surface area contributed by atoms with Crippen LogP contribution in [0.5, 0.6) is 0 Å². The van der Waals surface area contributed by atoms with E-state index >= 15 is 0 Å². The average Bonchev–Trinajstić information content (AvgIpc) is 3.19. The topological polar surface area (TPSA) is 52.7 Å². The van der Waals surface area contributed by atoms with Gasteiger partial charge in [0, 0.05) is 47.2 Å². The molecule has 180 valence electrons. The van der Waals surface area contributed by atoms with E-state index in [4.69, 9.17) is 23.2 Å². The fourth-order valence-electron chi connectivity index (χ4n) is 5.37. The molecule has 3 fully saturated rings. The lowest BCUT2D eigenvalue weighted by Crippen LogP contribution is -2.50. The number of hydrazine groups is 1. The van der Waals surface area contributed by atoms with Crippen molar-refractivity contribution in [3.63, 3.8) is 0 Å². The molecule has 1 unspecified atom stereocenters. The van der Waals surface area contributed by atoms with Crippen LogP contribution >= 0.6 is 23.2 Å². The molecule has 0 bridgehead atoms. The molecular formula is C27H31Cl2N3O2. The normalized spacial score (nSPS) is 21.5. The van der Waals surface area contributed by atoms with Gasteiger partial charge >= 0.3 is 0 Å². The van der Waals surface area contributed by atoms with Crippen molar-refractivity contribution >= 4 is 35.0 Å². The number of nitrogens with one attached hydrogen (secondary N) is 1. The van der Waals surface area contributed by atoms with Crippen molar-refractivity contribution in [2.75, 3.05) is 19.6 Å². The van der Waals surface area contributed by atoms with Crippen molar-refractivity contribution in [3.05, 3.63) is 57.6 Å². The molecule has 2 aliphatic heterocycles. The monoisotopic (exact) mass is 499 g/mol. The Labute approximate surface area is 211 Å². The Bertz CT molecular complexity index is 1040. The van der Waals surface area contributed by atoms with Gasteiger partial charge in [-0.2, -0.15) is 0 Å². The standard InChI is InChI=1S/C27H31Cl2N3O2/c28-24-16-21(18-7-9-19(10-8-18)26(33)30-31-12-4-13-31)17-25(29)23(24)15-20-11-14-32(27(20)34)22-5-2-1-3-6-22/h7-10,16-17,20,22H,1-6,11-15H2,(H,30,33). The van der Waals surface area contributed by atoms with Crippen molar-refractivity contribution in [1.82, 2.24) is 15.3 Å². The second-order valence-corrected chi connectivity index (χ2v) is 10.6. The highest BCUT2D eigenvalue weighted by atomic mass is 35.5. The van der Waals surface area contributed by atoms with Crippen LogP contribution in [0.3, 0.4) is 0 Å². The Hall–Kier alpha value is -2.08. The van der Waals surface area contributed by atoms with Crippen LogP contribution < -0.4 is 5.43 Å². The molecule has 1 atom stereocenters. The summed E-state index contributed by atoms with van der Waals surface area (Å²) in [7, 11) is 0. The molecule has 1 aliphatic carbocycles. The van der Waals surface area contributed by atoms with Crippen LogP contribution in [-0.2, 0) is 11.2 Å². The summed E-state index contributed by atoms with van der Waals surface area (Å²) in [6, 6.07) is 11.7. The molecule has 2 amide bonds. The number of halogens is 2. The average molecular weight is 500 g/mol. The third-order valence-electron chi connectivity index (χ3n) is 7.55. The lowest BCUT2D eigenvalue weighted by atomic mass is 9.93. The number of hydrogen-bond acceptors (Lipinski definition) is 3. The first-order chi connectivity index (χ1) is 16.5. The number of rotatable bonds is 6. The van der Waals surface area contributed by atoms with E-state index in [1.54, 1.807) is 0 Å². The van der Waals surface area contributed by atoms with E-state index in [1.807, 2.05) is 41.4 Å². The second kappa shape index (κ2) is 10.3. The Morgan fingerprint density at radius 1 is 0.882 bits per heavy atom. The summed E-state index contributed by atoms with van der Waals surface area (Å²) in [6.07, 6.45) is 8.56. The SMILES string of the molecule is O=C(NN1CCC1)c1ccc(-c2cc(Cl)c(CC3CCN(C4CCCCC4)C3=O)c(Cl)c2)cc1. The number of nitrogens with zero attached hydrogens (tertiary/aromatic N) is 2. The van der Waals surface area contributed by atoms with E-state index in [2.05, 4.69) is 10.3 Å². The molecule has 5 nitrogen and oxygen atoms in total. The zero-order valence-corrected chi connectivity index (χ0v) is 20.9. The number of benzene rings is 2. The van der Waals surface area contributed by atoms with Gasteiger partial charge < -0.3 is 4.90 Å². The fraction of sp³-hybridized carbons (Fsp3) is 0.481. The van der Waals surface area contributed by atoms with Crippen molar-refractivity contribution in [2.24, 2.45) is 5.92 Å². The lowest BCUT2D eigenvalue weighted by Gasteiger charge is -2.31. The molecule has 0 aromatic heterocycles. The summed E-state index contributed by atoms with van der Waals surface area (Å²) in [4.78, 5) is 27.5. The molecule has 0 radical (unpaired) electrons. The Balaban J connectivity index is 1.26. The minimum absolute atomic E-state index is 0.0491. The van der Waals surface area contributed by atoms with E-state index in [9.17, 15) is 9.59 Å².